The van der Waals surface area contributed by atoms with Crippen LogP contribution in [0.25, 0.3) is 32.9 Å². The van der Waals surface area contributed by atoms with E-state index < -0.39 is 52.6 Å². The van der Waals surface area contributed by atoms with Crippen molar-refractivity contribution in [2.24, 2.45) is 11.8 Å². The number of nitrogens with zero attached hydrogens (tertiary/aromatic N) is 5. The zero-order chi connectivity index (χ0) is 31.2. The highest BCUT2D eigenvalue weighted by atomic mass is 19.3. The number of fused-ring (bicyclic) bond motifs is 5. The van der Waals surface area contributed by atoms with Gasteiger partial charge in [0.1, 0.15) is 35.6 Å². The third-order valence-corrected chi connectivity index (χ3v) is 10.3. The quantitative estimate of drug-likeness (QED) is 0.256. The van der Waals surface area contributed by atoms with E-state index in [0.717, 1.165) is 25.1 Å². The number of phenols is 1. The van der Waals surface area contributed by atoms with E-state index in [4.69, 9.17) is 4.74 Å². The van der Waals surface area contributed by atoms with Gasteiger partial charge >= 0.3 is 6.01 Å². The lowest BCUT2D eigenvalue weighted by molar-refractivity contribution is -0.0830. The van der Waals surface area contributed by atoms with Gasteiger partial charge in [-0.25, -0.2) is 26.3 Å². The lowest BCUT2D eigenvalue weighted by atomic mass is 9.93. The molecule has 5 heterocycles. The fourth-order valence-corrected chi connectivity index (χ4v) is 8.06. The van der Waals surface area contributed by atoms with Gasteiger partial charge in [0.05, 0.1) is 10.9 Å². The Morgan fingerprint density at radius 1 is 1.00 bits per heavy atom. The molecule has 2 aromatic heterocycles. The highest BCUT2D eigenvalue weighted by Gasteiger charge is 2.56. The first-order chi connectivity index (χ1) is 21.5. The molecule has 4 aliphatic rings. The van der Waals surface area contributed by atoms with Gasteiger partial charge in [0, 0.05) is 55.0 Å². The standard InChI is InChI=1S/C32H29F6N5O2/c33-19-10-31(6-1-7-43(31)14-19)15-45-30-40-28-22(29(41-30)42-12-17-3-4-18(13-42)32(17,37)38)11-39-27(26(28)36)21-9-20(44)8-16-2-5-23(34)25(35)24(16)21/h2,5,8-9,11,17-19,44H,1,3-4,6-7,10,12-15H2/t17?,18?,19-,31+/m1/s1. The maximum atomic E-state index is 16.6. The number of pyridine rings is 1. The Bertz CT molecular complexity index is 1840. The summed E-state index contributed by atoms with van der Waals surface area (Å²) < 4.78 is 96.1. The maximum absolute atomic E-state index is 16.6. The number of rotatable bonds is 5. The SMILES string of the molecule is Oc1cc(-c2ncc3c(N4CC5CCC(C4)C5(F)F)nc(OC[C@@]45CCCN4C[C@H](F)C5)nc3c2F)c2c(F)c(F)ccc2c1. The van der Waals surface area contributed by atoms with Gasteiger partial charge in [-0.05, 0) is 55.8 Å². The Balaban J connectivity index is 1.27. The summed E-state index contributed by atoms with van der Waals surface area (Å²) in [5.41, 5.74) is -1.40. The number of ether oxygens (including phenoxy) is 1. The summed E-state index contributed by atoms with van der Waals surface area (Å²) in [4.78, 5) is 16.9. The molecule has 4 fully saturated rings. The molecule has 2 bridgehead atoms. The molecule has 7 nitrogen and oxygen atoms in total. The molecule has 4 atom stereocenters. The van der Waals surface area contributed by atoms with Crippen molar-refractivity contribution >= 4 is 27.5 Å². The number of aromatic hydroxyl groups is 1. The fraction of sp³-hybridized carbons (Fsp3) is 0.469. The first-order valence-corrected chi connectivity index (χ1v) is 15.2. The number of anilines is 1. The van der Waals surface area contributed by atoms with Crippen LogP contribution in [0.3, 0.4) is 0 Å². The highest BCUT2D eigenvalue weighted by Crippen LogP contribution is 2.50. The Labute approximate surface area is 253 Å². The van der Waals surface area contributed by atoms with Crippen molar-refractivity contribution < 1.29 is 36.2 Å². The summed E-state index contributed by atoms with van der Waals surface area (Å²) in [6.07, 6.45) is 2.86. The molecule has 2 aromatic carbocycles. The Morgan fingerprint density at radius 3 is 2.56 bits per heavy atom. The zero-order valence-electron chi connectivity index (χ0n) is 24.0. The number of hydrogen-bond donors (Lipinski definition) is 1. The van der Waals surface area contributed by atoms with Crippen molar-refractivity contribution in [1.82, 2.24) is 19.9 Å². The van der Waals surface area contributed by atoms with Gasteiger partial charge in [-0.15, -0.1) is 0 Å². The number of piperidine rings is 1. The third-order valence-electron chi connectivity index (χ3n) is 10.3. The van der Waals surface area contributed by atoms with Gasteiger partial charge in [0.15, 0.2) is 17.5 Å². The smallest absolute Gasteiger partial charge is 0.319 e. The predicted molar refractivity (Wildman–Crippen MR) is 154 cm³/mol. The van der Waals surface area contributed by atoms with Crippen LogP contribution in [0, 0.1) is 29.3 Å². The Hall–Kier alpha value is -3.87. The molecule has 3 saturated heterocycles. The van der Waals surface area contributed by atoms with Crippen LogP contribution in [0.15, 0.2) is 30.5 Å². The summed E-state index contributed by atoms with van der Waals surface area (Å²) in [5, 5.41) is 10.3. The minimum Gasteiger partial charge on any atom is -0.508 e. The second-order valence-corrected chi connectivity index (χ2v) is 12.9. The molecule has 3 aliphatic heterocycles. The van der Waals surface area contributed by atoms with Gasteiger partial charge in [0.25, 0.3) is 5.92 Å². The van der Waals surface area contributed by atoms with E-state index in [0.29, 0.717) is 25.8 Å². The molecule has 13 heteroatoms. The largest absolute Gasteiger partial charge is 0.508 e. The molecule has 1 N–H and O–H groups in total. The van der Waals surface area contributed by atoms with Crippen LogP contribution in [0.1, 0.15) is 32.1 Å². The number of hydrogen-bond acceptors (Lipinski definition) is 7. The molecule has 1 saturated carbocycles. The molecule has 8 rings (SSSR count). The molecular weight excluding hydrogens is 600 g/mol. The van der Waals surface area contributed by atoms with Gasteiger partial charge in [-0.2, -0.15) is 9.97 Å². The summed E-state index contributed by atoms with van der Waals surface area (Å²) in [6, 6.07) is 4.28. The highest BCUT2D eigenvalue weighted by molar-refractivity contribution is 6.00. The zero-order valence-corrected chi connectivity index (χ0v) is 24.0. The van der Waals surface area contributed by atoms with Crippen molar-refractivity contribution in [3.8, 4) is 23.0 Å². The maximum Gasteiger partial charge on any atom is 0.319 e. The van der Waals surface area contributed by atoms with Crippen molar-refractivity contribution in [3.63, 3.8) is 0 Å². The second-order valence-electron chi connectivity index (χ2n) is 12.9. The van der Waals surface area contributed by atoms with Crippen LogP contribution in [-0.2, 0) is 0 Å². The molecule has 4 aromatic rings. The van der Waals surface area contributed by atoms with E-state index in [1.165, 1.54) is 18.3 Å². The Kier molecular flexibility index (Phi) is 6.40. The molecule has 1 aliphatic carbocycles. The molecule has 0 spiro atoms. The first kappa shape index (κ1) is 28.6. The average Bonchev–Trinajstić information content (AvgIpc) is 3.53. The summed E-state index contributed by atoms with van der Waals surface area (Å²) >= 11 is 0. The van der Waals surface area contributed by atoms with E-state index in [-0.39, 0.29) is 70.9 Å². The monoisotopic (exact) mass is 629 g/mol. The minimum atomic E-state index is -2.82. The van der Waals surface area contributed by atoms with E-state index >= 15 is 8.78 Å². The number of phenolic OH excluding ortho intramolecular Hbond substituents is 1. The first-order valence-electron chi connectivity index (χ1n) is 15.2. The van der Waals surface area contributed by atoms with Crippen molar-refractivity contribution in [2.45, 2.75) is 49.7 Å². The van der Waals surface area contributed by atoms with Gasteiger partial charge in [-0.1, -0.05) is 6.07 Å². The topological polar surface area (TPSA) is 74.6 Å². The van der Waals surface area contributed by atoms with Crippen molar-refractivity contribution in [2.75, 3.05) is 37.7 Å². The van der Waals surface area contributed by atoms with E-state index in [2.05, 4.69) is 15.0 Å². The fourth-order valence-electron chi connectivity index (χ4n) is 8.06. The van der Waals surface area contributed by atoms with Crippen LogP contribution in [0.4, 0.5) is 32.2 Å². The lowest BCUT2D eigenvalue weighted by Gasteiger charge is -2.38. The minimum absolute atomic E-state index is 0.0125. The molecule has 45 heavy (non-hydrogen) atoms. The normalized spacial score (nSPS) is 27.5. The molecule has 236 valence electrons. The van der Waals surface area contributed by atoms with Gasteiger partial charge in [-0.3, -0.25) is 9.88 Å². The van der Waals surface area contributed by atoms with Crippen LogP contribution in [0.5, 0.6) is 11.8 Å². The average molecular weight is 630 g/mol. The number of alkyl halides is 3. The summed E-state index contributed by atoms with van der Waals surface area (Å²) in [7, 11) is 0. The van der Waals surface area contributed by atoms with Crippen LogP contribution in [0.2, 0.25) is 0 Å². The van der Waals surface area contributed by atoms with Crippen LogP contribution < -0.4 is 9.64 Å². The van der Waals surface area contributed by atoms with Crippen LogP contribution in [-0.4, -0.2) is 75.4 Å². The number of aromatic nitrogens is 3. The van der Waals surface area contributed by atoms with Gasteiger partial charge < -0.3 is 14.7 Å². The van der Waals surface area contributed by atoms with E-state index in [1.54, 1.807) is 4.90 Å². The third kappa shape index (κ3) is 4.40. The lowest BCUT2D eigenvalue weighted by Crippen LogP contribution is -2.49. The van der Waals surface area contributed by atoms with Crippen molar-refractivity contribution in [3.05, 3.63) is 47.9 Å². The molecular formula is C32H29F6N5O2. The summed E-state index contributed by atoms with van der Waals surface area (Å²) in [5.74, 6) is -8.15. The number of benzene rings is 2. The van der Waals surface area contributed by atoms with E-state index in [9.17, 15) is 22.7 Å². The summed E-state index contributed by atoms with van der Waals surface area (Å²) in [6.45, 7) is 1.07. The second kappa shape index (κ2) is 10.1. The van der Waals surface area contributed by atoms with Gasteiger partial charge in [0.2, 0.25) is 0 Å². The number of halogens is 6. The van der Waals surface area contributed by atoms with E-state index in [1.807, 2.05) is 4.90 Å². The predicted octanol–water partition coefficient (Wildman–Crippen LogP) is 6.40. The Morgan fingerprint density at radius 2 is 1.78 bits per heavy atom. The van der Waals surface area contributed by atoms with Crippen molar-refractivity contribution in [1.29, 1.82) is 0 Å². The molecule has 0 amide bonds. The molecule has 2 unspecified atom stereocenters. The van der Waals surface area contributed by atoms with Crippen LogP contribution >= 0.6 is 0 Å². The molecule has 0 radical (unpaired) electrons.